The summed E-state index contributed by atoms with van der Waals surface area (Å²) in [5.41, 5.74) is -0.960. The number of carbonyl (C=O) groups is 1. The standard InChI is InChI=1S/C17H14F2N4O3S/c1-22-15-14(16(25)23(2)17(22)26)12(5-6-20-15)27-8-13(24)21-11-4-3-9(18)7-10(11)19/h3-7H,8H2,1-2H3,(H,21,24). The van der Waals surface area contributed by atoms with Gasteiger partial charge in [-0.15, -0.1) is 11.8 Å². The van der Waals surface area contributed by atoms with Crippen LogP contribution in [0.25, 0.3) is 11.0 Å². The molecule has 0 saturated heterocycles. The Bertz CT molecular complexity index is 1170. The van der Waals surface area contributed by atoms with E-state index < -0.39 is 28.8 Å². The fourth-order valence-corrected chi connectivity index (χ4v) is 3.34. The summed E-state index contributed by atoms with van der Waals surface area (Å²) in [6.07, 6.45) is 1.43. The Morgan fingerprint density at radius 1 is 1.19 bits per heavy atom. The summed E-state index contributed by atoms with van der Waals surface area (Å²) in [5, 5.41) is 2.56. The minimum Gasteiger partial charge on any atom is -0.323 e. The van der Waals surface area contributed by atoms with E-state index in [2.05, 4.69) is 10.3 Å². The van der Waals surface area contributed by atoms with Crippen LogP contribution in [0, 0.1) is 11.6 Å². The van der Waals surface area contributed by atoms with E-state index in [1.165, 1.54) is 24.9 Å². The third kappa shape index (κ3) is 3.61. The van der Waals surface area contributed by atoms with Gasteiger partial charge in [-0.1, -0.05) is 0 Å². The van der Waals surface area contributed by atoms with Gasteiger partial charge in [-0.25, -0.2) is 18.6 Å². The smallest absolute Gasteiger partial charge is 0.323 e. The van der Waals surface area contributed by atoms with Gasteiger partial charge < -0.3 is 5.32 Å². The van der Waals surface area contributed by atoms with Gasteiger partial charge in [0.1, 0.15) is 17.3 Å². The van der Waals surface area contributed by atoms with E-state index in [-0.39, 0.29) is 22.5 Å². The first-order valence-corrected chi connectivity index (χ1v) is 8.70. The largest absolute Gasteiger partial charge is 0.332 e. The third-order valence-corrected chi connectivity index (χ3v) is 4.92. The Morgan fingerprint density at radius 2 is 1.93 bits per heavy atom. The van der Waals surface area contributed by atoms with Gasteiger partial charge in [0.2, 0.25) is 5.91 Å². The van der Waals surface area contributed by atoms with Crippen LogP contribution in [0.4, 0.5) is 14.5 Å². The summed E-state index contributed by atoms with van der Waals surface area (Å²) in [7, 11) is 2.85. The van der Waals surface area contributed by atoms with Crippen molar-refractivity contribution in [1.29, 1.82) is 0 Å². The van der Waals surface area contributed by atoms with Crippen molar-refractivity contribution in [3.05, 3.63) is 62.9 Å². The van der Waals surface area contributed by atoms with Crippen molar-refractivity contribution >= 4 is 34.4 Å². The van der Waals surface area contributed by atoms with Gasteiger partial charge in [0.15, 0.2) is 0 Å². The zero-order valence-corrected chi connectivity index (χ0v) is 15.1. The lowest BCUT2D eigenvalue weighted by atomic mass is 10.3. The number of pyridine rings is 1. The minimum atomic E-state index is -0.883. The number of nitrogens with zero attached hydrogens (tertiary/aromatic N) is 3. The zero-order valence-electron chi connectivity index (χ0n) is 14.3. The van der Waals surface area contributed by atoms with Crippen molar-refractivity contribution in [2.75, 3.05) is 11.1 Å². The summed E-state index contributed by atoms with van der Waals surface area (Å²) < 4.78 is 28.7. The van der Waals surface area contributed by atoms with E-state index >= 15 is 0 Å². The van der Waals surface area contributed by atoms with E-state index in [1.54, 1.807) is 6.07 Å². The van der Waals surface area contributed by atoms with Gasteiger partial charge in [-0.05, 0) is 18.2 Å². The van der Waals surface area contributed by atoms with Crippen LogP contribution in [0.2, 0.25) is 0 Å². The van der Waals surface area contributed by atoms with Crippen LogP contribution >= 0.6 is 11.8 Å². The molecule has 2 aromatic heterocycles. The molecule has 0 radical (unpaired) electrons. The van der Waals surface area contributed by atoms with E-state index in [4.69, 9.17) is 0 Å². The molecule has 2 heterocycles. The highest BCUT2D eigenvalue weighted by Crippen LogP contribution is 2.24. The number of amides is 1. The van der Waals surface area contributed by atoms with Crippen molar-refractivity contribution in [3.8, 4) is 0 Å². The second kappa shape index (κ2) is 7.31. The van der Waals surface area contributed by atoms with Gasteiger partial charge >= 0.3 is 5.69 Å². The van der Waals surface area contributed by atoms with Crippen LogP contribution in [0.15, 0.2) is 44.9 Å². The van der Waals surface area contributed by atoms with Gasteiger partial charge in [-0.2, -0.15) is 0 Å². The zero-order chi connectivity index (χ0) is 19.7. The highest BCUT2D eigenvalue weighted by Gasteiger charge is 2.15. The topological polar surface area (TPSA) is 86.0 Å². The molecule has 10 heteroatoms. The Kier molecular flexibility index (Phi) is 5.08. The molecule has 3 aromatic rings. The Labute approximate surface area is 155 Å². The van der Waals surface area contributed by atoms with Crippen molar-refractivity contribution in [1.82, 2.24) is 14.1 Å². The Hall–Kier alpha value is -3.01. The number of fused-ring (bicyclic) bond motifs is 1. The summed E-state index contributed by atoms with van der Waals surface area (Å²) in [5.74, 6) is -2.28. The molecule has 1 aromatic carbocycles. The maximum Gasteiger partial charge on any atom is 0.332 e. The molecule has 1 amide bonds. The van der Waals surface area contributed by atoms with Gasteiger partial charge in [0.25, 0.3) is 5.56 Å². The van der Waals surface area contributed by atoms with Crippen LogP contribution in [-0.2, 0) is 18.9 Å². The molecule has 0 aliphatic carbocycles. The van der Waals surface area contributed by atoms with E-state index in [1.807, 2.05) is 0 Å². The molecule has 7 nitrogen and oxygen atoms in total. The molecule has 140 valence electrons. The first-order valence-electron chi connectivity index (χ1n) is 7.72. The maximum atomic E-state index is 13.6. The molecule has 0 fully saturated rings. The number of halogens is 2. The van der Waals surface area contributed by atoms with E-state index in [0.29, 0.717) is 11.0 Å². The quantitative estimate of drug-likeness (QED) is 0.683. The van der Waals surface area contributed by atoms with Gasteiger partial charge in [0, 0.05) is 31.3 Å². The van der Waals surface area contributed by atoms with Crippen molar-refractivity contribution in [2.45, 2.75) is 4.90 Å². The number of aryl methyl sites for hydroxylation is 1. The number of nitrogens with one attached hydrogen (secondary N) is 1. The number of hydrogen-bond acceptors (Lipinski definition) is 5. The molecule has 0 aliphatic rings. The number of carbonyl (C=O) groups excluding carboxylic acids is 1. The maximum absolute atomic E-state index is 13.6. The molecule has 0 aliphatic heterocycles. The number of anilines is 1. The van der Waals surface area contributed by atoms with E-state index in [0.717, 1.165) is 28.5 Å². The molecular weight excluding hydrogens is 378 g/mol. The van der Waals surface area contributed by atoms with Crippen molar-refractivity contribution in [2.24, 2.45) is 14.1 Å². The average molecular weight is 392 g/mol. The summed E-state index contributed by atoms with van der Waals surface area (Å²) in [4.78, 5) is 41.1. The average Bonchev–Trinajstić information content (AvgIpc) is 2.65. The highest BCUT2D eigenvalue weighted by atomic mass is 32.2. The first kappa shape index (κ1) is 18.8. The number of benzene rings is 1. The van der Waals surface area contributed by atoms with Crippen LogP contribution in [-0.4, -0.2) is 25.8 Å². The van der Waals surface area contributed by atoms with Crippen LogP contribution in [0.1, 0.15) is 0 Å². The number of hydrogen-bond donors (Lipinski definition) is 1. The second-order valence-electron chi connectivity index (χ2n) is 5.67. The SMILES string of the molecule is Cn1c(=O)c2c(SCC(=O)Nc3ccc(F)cc3F)ccnc2n(C)c1=O. The lowest BCUT2D eigenvalue weighted by Crippen LogP contribution is -2.37. The minimum absolute atomic E-state index is 0.123. The number of rotatable bonds is 4. The highest BCUT2D eigenvalue weighted by molar-refractivity contribution is 8.00. The van der Waals surface area contributed by atoms with Gasteiger partial charge in [0.05, 0.1) is 16.8 Å². The molecule has 0 unspecified atom stereocenters. The fraction of sp³-hybridized carbons (Fsp3) is 0.176. The molecule has 1 N–H and O–H groups in total. The summed E-state index contributed by atoms with van der Waals surface area (Å²) in [6, 6.07) is 4.39. The monoisotopic (exact) mass is 392 g/mol. The first-order chi connectivity index (χ1) is 12.8. The molecule has 0 atom stereocenters. The molecule has 0 bridgehead atoms. The summed E-state index contributed by atoms with van der Waals surface area (Å²) in [6.45, 7) is 0. The van der Waals surface area contributed by atoms with Crippen LogP contribution in [0.5, 0.6) is 0 Å². The predicted molar refractivity (Wildman–Crippen MR) is 97.9 cm³/mol. The Balaban J connectivity index is 1.86. The summed E-state index contributed by atoms with van der Waals surface area (Å²) >= 11 is 1.05. The molecule has 27 heavy (non-hydrogen) atoms. The molecule has 3 rings (SSSR count). The predicted octanol–water partition coefficient (Wildman–Crippen LogP) is 1.64. The fourth-order valence-electron chi connectivity index (χ4n) is 2.50. The molecule has 0 spiro atoms. The van der Waals surface area contributed by atoms with Crippen molar-refractivity contribution < 1.29 is 13.6 Å². The number of thioether (sulfide) groups is 1. The lowest BCUT2D eigenvalue weighted by molar-refractivity contribution is -0.113. The molecule has 0 saturated carbocycles. The second-order valence-corrected chi connectivity index (χ2v) is 6.69. The normalized spacial score (nSPS) is 11.0. The number of aromatic nitrogens is 3. The van der Waals surface area contributed by atoms with Crippen LogP contribution in [0.3, 0.4) is 0 Å². The lowest BCUT2D eigenvalue weighted by Gasteiger charge is -2.10. The van der Waals surface area contributed by atoms with Crippen molar-refractivity contribution in [3.63, 3.8) is 0 Å². The third-order valence-electron chi connectivity index (χ3n) is 3.87. The van der Waals surface area contributed by atoms with Gasteiger partial charge in [-0.3, -0.25) is 18.7 Å². The van der Waals surface area contributed by atoms with Crippen LogP contribution < -0.4 is 16.6 Å². The molecular formula is C17H14F2N4O3S. The Morgan fingerprint density at radius 3 is 2.63 bits per heavy atom. The van der Waals surface area contributed by atoms with E-state index in [9.17, 15) is 23.2 Å².